The van der Waals surface area contributed by atoms with E-state index in [1.807, 2.05) is 0 Å². The number of nitrogens with zero attached hydrogens (tertiary/aromatic N) is 2. The molecule has 1 atom stereocenters. The first-order chi connectivity index (χ1) is 10.1. The van der Waals surface area contributed by atoms with Crippen LogP contribution in [0.1, 0.15) is 5.56 Å². The second kappa shape index (κ2) is 6.46. The summed E-state index contributed by atoms with van der Waals surface area (Å²) in [6, 6.07) is 13.6. The summed E-state index contributed by atoms with van der Waals surface area (Å²) < 4.78 is 21.7. The third-order valence-electron chi connectivity index (χ3n) is 2.38. The number of para-hydroxylation sites is 1. The summed E-state index contributed by atoms with van der Waals surface area (Å²) >= 11 is 0. The van der Waals surface area contributed by atoms with Gasteiger partial charge in [-0.1, -0.05) is 18.2 Å². The Bertz CT molecular complexity index is 727. The zero-order valence-corrected chi connectivity index (χ0v) is 11.4. The molecule has 0 saturated heterocycles. The molecule has 0 amide bonds. The first kappa shape index (κ1) is 14.4. The van der Waals surface area contributed by atoms with Crippen LogP contribution in [-0.2, 0) is 4.57 Å². The smallest absolute Gasteiger partial charge is 0.258 e. The highest BCUT2D eigenvalue weighted by Crippen LogP contribution is 2.36. The first-order valence-corrected chi connectivity index (χ1v) is 6.76. The highest BCUT2D eigenvalue weighted by atomic mass is 31.1. The second-order valence-corrected chi connectivity index (χ2v) is 4.58. The summed E-state index contributed by atoms with van der Waals surface area (Å²) in [6.45, 7) is 0. The average Bonchev–Trinajstić information content (AvgIpc) is 2.48. The van der Waals surface area contributed by atoms with Gasteiger partial charge >= 0.3 is 13.9 Å². The number of rotatable bonds is 5. The van der Waals surface area contributed by atoms with Gasteiger partial charge in [0.25, 0.3) is 5.75 Å². The molecule has 0 aromatic heterocycles. The first-order valence-electron chi connectivity index (χ1n) is 5.67. The fourth-order valence-electron chi connectivity index (χ4n) is 1.47. The van der Waals surface area contributed by atoms with Crippen molar-refractivity contribution in [1.29, 1.82) is 5.26 Å². The van der Waals surface area contributed by atoms with Gasteiger partial charge in [0.05, 0.1) is 16.6 Å². The van der Waals surface area contributed by atoms with Crippen LogP contribution in [-0.4, -0.2) is 4.92 Å². The summed E-state index contributed by atoms with van der Waals surface area (Å²) in [5.41, 5.74) is -0.345. The molecule has 7 nitrogen and oxygen atoms in total. The predicted molar refractivity (Wildman–Crippen MR) is 73.1 cm³/mol. The predicted octanol–water partition coefficient (Wildman–Crippen LogP) is 3.58. The molecule has 1 unspecified atom stereocenters. The van der Waals surface area contributed by atoms with Gasteiger partial charge in [-0.25, -0.2) is 9.05 Å². The zero-order chi connectivity index (χ0) is 15.2. The van der Waals surface area contributed by atoms with Crippen LogP contribution in [0.3, 0.4) is 0 Å². The number of nitro groups is 1. The molecule has 0 spiro atoms. The molecule has 2 aromatic carbocycles. The van der Waals surface area contributed by atoms with Crippen molar-refractivity contribution >= 4 is 13.9 Å². The number of hydrogen-bond acceptors (Lipinski definition) is 6. The lowest BCUT2D eigenvalue weighted by Gasteiger charge is -1.97. The van der Waals surface area contributed by atoms with E-state index in [1.54, 1.807) is 36.4 Å². The van der Waals surface area contributed by atoms with E-state index in [0.29, 0.717) is 5.75 Å². The summed E-state index contributed by atoms with van der Waals surface area (Å²) in [7, 11) is -2.63. The highest BCUT2D eigenvalue weighted by molar-refractivity contribution is 7.34. The maximum atomic E-state index is 11.7. The lowest BCUT2D eigenvalue weighted by atomic mass is 10.2. The molecule has 0 heterocycles. The molecule has 0 bridgehead atoms. The van der Waals surface area contributed by atoms with E-state index in [2.05, 4.69) is 0 Å². The minimum absolute atomic E-state index is 0.105. The largest absolute Gasteiger partial charge is 0.805 e. The minimum Gasteiger partial charge on any atom is -0.258 e. The molecule has 0 aliphatic heterocycles. The summed E-state index contributed by atoms with van der Waals surface area (Å²) in [4.78, 5) is 10.2. The molecule has 21 heavy (non-hydrogen) atoms. The summed E-state index contributed by atoms with van der Waals surface area (Å²) in [5.74, 6) is 0.0888. The molecule has 0 N–H and O–H groups in total. The van der Waals surface area contributed by atoms with Gasteiger partial charge < -0.3 is 0 Å². The van der Waals surface area contributed by atoms with Crippen molar-refractivity contribution in [3.63, 3.8) is 0 Å². The molecule has 0 saturated carbocycles. The van der Waals surface area contributed by atoms with Gasteiger partial charge in [-0.3, -0.25) is 10.1 Å². The topological polar surface area (TPSA) is 102 Å². The van der Waals surface area contributed by atoms with Crippen molar-refractivity contribution < 1.29 is 18.5 Å². The van der Waals surface area contributed by atoms with E-state index in [9.17, 15) is 14.7 Å². The molecule has 2 aromatic rings. The van der Waals surface area contributed by atoms with Crippen LogP contribution in [0, 0.1) is 21.4 Å². The quantitative estimate of drug-likeness (QED) is 0.475. The molecule has 8 heteroatoms. The van der Waals surface area contributed by atoms with Crippen LogP contribution in [0.15, 0.2) is 48.5 Å². The number of nitro benzene ring substituents is 1. The van der Waals surface area contributed by atoms with Crippen molar-refractivity contribution in [2.24, 2.45) is 0 Å². The third kappa shape index (κ3) is 3.75. The second-order valence-electron chi connectivity index (χ2n) is 3.77. The molecule has 0 radical (unpaired) electrons. The normalized spacial score (nSPS) is 10.3. The van der Waals surface area contributed by atoms with E-state index >= 15 is 0 Å². The molecular weight excluding hydrogens is 295 g/mol. The Balaban J connectivity index is 2.18. The van der Waals surface area contributed by atoms with Gasteiger partial charge in [0.2, 0.25) is 0 Å². The van der Waals surface area contributed by atoms with Crippen LogP contribution in [0.2, 0.25) is 0 Å². The van der Waals surface area contributed by atoms with E-state index in [0.717, 1.165) is 6.07 Å². The molecule has 0 aliphatic carbocycles. The Morgan fingerprint density at radius 2 is 1.86 bits per heavy atom. The maximum absolute atomic E-state index is 11.7. The standard InChI is InChI=1S/C13H8N2O5P/c14-9-10-6-7-13(12(8-10)15(16)17)20-21(18)19-11-4-2-1-3-5-11/h1-8H/q+1. The Kier molecular flexibility index (Phi) is 4.44. The Morgan fingerprint density at radius 1 is 1.14 bits per heavy atom. The third-order valence-corrected chi connectivity index (χ3v) is 3.09. The van der Waals surface area contributed by atoms with Crippen LogP contribution in [0.25, 0.3) is 0 Å². The van der Waals surface area contributed by atoms with Crippen molar-refractivity contribution in [2.45, 2.75) is 0 Å². The zero-order valence-electron chi connectivity index (χ0n) is 10.5. The Hall–Kier alpha value is -2.97. The SMILES string of the molecule is N#Cc1ccc(O[P+](=O)Oc2ccccc2)c([N+](=O)[O-])c1. The molecule has 0 fully saturated rings. The van der Waals surface area contributed by atoms with Crippen LogP contribution in [0.5, 0.6) is 11.5 Å². The minimum atomic E-state index is -2.63. The van der Waals surface area contributed by atoms with Gasteiger partial charge in [0.15, 0.2) is 5.75 Å². The fraction of sp³-hybridized carbons (Fsp3) is 0. The number of nitriles is 1. The lowest BCUT2D eigenvalue weighted by Crippen LogP contribution is -1.95. The van der Waals surface area contributed by atoms with Crippen molar-refractivity contribution in [1.82, 2.24) is 0 Å². The van der Waals surface area contributed by atoms with Crippen molar-refractivity contribution in [3.8, 4) is 17.6 Å². The molecule has 0 aliphatic rings. The van der Waals surface area contributed by atoms with Crippen LogP contribution in [0.4, 0.5) is 5.69 Å². The van der Waals surface area contributed by atoms with E-state index in [4.69, 9.17) is 14.3 Å². The lowest BCUT2D eigenvalue weighted by molar-refractivity contribution is -0.385. The monoisotopic (exact) mass is 303 g/mol. The summed E-state index contributed by atoms with van der Waals surface area (Å²) in [5, 5.41) is 19.6. The van der Waals surface area contributed by atoms with Gasteiger partial charge in [-0.2, -0.15) is 5.26 Å². The van der Waals surface area contributed by atoms with Crippen molar-refractivity contribution in [2.75, 3.05) is 0 Å². The van der Waals surface area contributed by atoms with E-state index < -0.39 is 18.9 Å². The Morgan fingerprint density at radius 3 is 2.48 bits per heavy atom. The molecule has 104 valence electrons. The van der Waals surface area contributed by atoms with Gasteiger partial charge in [-0.15, -0.1) is 0 Å². The Labute approximate surface area is 120 Å². The maximum Gasteiger partial charge on any atom is 0.805 e. The molecule has 2 rings (SSSR count). The molecular formula is C13H8N2O5P+. The summed E-state index contributed by atoms with van der Waals surface area (Å²) in [6.07, 6.45) is 0. The highest BCUT2D eigenvalue weighted by Gasteiger charge is 2.29. The van der Waals surface area contributed by atoms with Crippen molar-refractivity contribution in [3.05, 3.63) is 64.2 Å². The van der Waals surface area contributed by atoms with Gasteiger partial charge in [0, 0.05) is 10.6 Å². The fourth-order valence-corrected chi connectivity index (χ4v) is 2.12. The van der Waals surface area contributed by atoms with Crippen LogP contribution < -0.4 is 9.05 Å². The van der Waals surface area contributed by atoms with E-state index in [1.165, 1.54) is 12.1 Å². The van der Waals surface area contributed by atoms with Crippen LogP contribution >= 0.6 is 8.25 Å². The average molecular weight is 303 g/mol. The number of hydrogen-bond donors (Lipinski definition) is 0. The van der Waals surface area contributed by atoms with Gasteiger partial charge in [0.1, 0.15) is 0 Å². The van der Waals surface area contributed by atoms with E-state index in [-0.39, 0.29) is 11.3 Å². The number of benzene rings is 2. The van der Waals surface area contributed by atoms with Gasteiger partial charge in [-0.05, 0) is 24.3 Å².